The number of H-pyrrole nitrogens is 1. The second-order valence-corrected chi connectivity index (χ2v) is 6.79. The first kappa shape index (κ1) is 16.8. The maximum atomic E-state index is 12.8. The van der Waals surface area contributed by atoms with Crippen molar-refractivity contribution >= 4 is 16.8 Å². The quantitative estimate of drug-likeness (QED) is 0.570. The van der Waals surface area contributed by atoms with E-state index in [2.05, 4.69) is 27.8 Å². The van der Waals surface area contributed by atoms with Gasteiger partial charge in [0.05, 0.1) is 12.6 Å². The second kappa shape index (κ2) is 7.32. The van der Waals surface area contributed by atoms with Crippen molar-refractivity contribution in [3.63, 3.8) is 0 Å². The Morgan fingerprint density at radius 3 is 2.88 bits per heavy atom. The molecular formula is C21H23N3O2. The van der Waals surface area contributed by atoms with Crippen LogP contribution in [0.2, 0.25) is 0 Å². The molecule has 1 aliphatic heterocycles. The number of hydrogen-bond acceptors (Lipinski definition) is 3. The number of aromatic nitrogens is 1. The zero-order chi connectivity index (χ0) is 17.9. The number of nitrogens with one attached hydrogen (secondary N) is 3. The van der Waals surface area contributed by atoms with Crippen molar-refractivity contribution in [3.05, 3.63) is 71.4 Å². The van der Waals surface area contributed by atoms with Crippen LogP contribution in [0.1, 0.15) is 22.7 Å². The Labute approximate surface area is 152 Å². The number of aliphatic hydroxyl groups excluding tert-OH is 1. The third-order valence-corrected chi connectivity index (χ3v) is 5.08. The van der Waals surface area contributed by atoms with E-state index in [0.29, 0.717) is 6.42 Å². The summed E-state index contributed by atoms with van der Waals surface area (Å²) in [5, 5.41) is 17.2. The summed E-state index contributed by atoms with van der Waals surface area (Å²) in [7, 11) is 0. The van der Waals surface area contributed by atoms with Gasteiger partial charge in [0.2, 0.25) is 5.91 Å². The molecule has 2 heterocycles. The molecule has 0 saturated carbocycles. The molecule has 1 amide bonds. The number of carbonyl (C=O) groups is 1. The SMILES string of the molecule is O=C(NC(CO)Cc1c[nH]c2ccccc12)C1NCCc2ccccc21. The number of rotatable bonds is 5. The first-order valence-electron chi connectivity index (χ1n) is 9.03. The van der Waals surface area contributed by atoms with E-state index in [1.165, 1.54) is 5.56 Å². The third-order valence-electron chi connectivity index (χ3n) is 5.08. The number of carbonyl (C=O) groups excluding carboxylic acids is 1. The fraction of sp³-hybridized carbons (Fsp3) is 0.286. The molecule has 0 saturated heterocycles. The highest BCUT2D eigenvalue weighted by atomic mass is 16.3. The maximum absolute atomic E-state index is 12.8. The molecule has 4 N–H and O–H groups in total. The number of fused-ring (bicyclic) bond motifs is 2. The minimum atomic E-state index is -0.364. The van der Waals surface area contributed by atoms with Crippen LogP contribution in [0.5, 0.6) is 0 Å². The summed E-state index contributed by atoms with van der Waals surface area (Å²) in [6.07, 6.45) is 3.47. The summed E-state index contributed by atoms with van der Waals surface area (Å²) in [5.41, 5.74) is 4.40. The van der Waals surface area contributed by atoms with E-state index in [4.69, 9.17) is 0 Å². The van der Waals surface area contributed by atoms with E-state index in [9.17, 15) is 9.90 Å². The lowest BCUT2D eigenvalue weighted by atomic mass is 9.93. The van der Waals surface area contributed by atoms with Gasteiger partial charge in [0, 0.05) is 23.6 Å². The Kier molecular flexibility index (Phi) is 4.73. The number of amides is 1. The average molecular weight is 349 g/mol. The van der Waals surface area contributed by atoms with E-state index in [0.717, 1.165) is 35.0 Å². The molecule has 134 valence electrons. The number of aliphatic hydroxyl groups is 1. The molecule has 0 radical (unpaired) electrons. The van der Waals surface area contributed by atoms with Crippen LogP contribution in [0, 0.1) is 0 Å². The van der Waals surface area contributed by atoms with Gasteiger partial charge in [-0.25, -0.2) is 0 Å². The second-order valence-electron chi connectivity index (χ2n) is 6.79. The number of hydrogen-bond donors (Lipinski definition) is 4. The van der Waals surface area contributed by atoms with Crippen LogP contribution in [0.4, 0.5) is 0 Å². The van der Waals surface area contributed by atoms with Gasteiger partial charge in [-0.15, -0.1) is 0 Å². The molecule has 2 atom stereocenters. The fourth-order valence-corrected chi connectivity index (χ4v) is 3.75. The Balaban J connectivity index is 1.49. The fourth-order valence-electron chi connectivity index (χ4n) is 3.75. The standard InChI is InChI=1S/C21H23N3O2/c25-13-16(11-15-12-23-19-8-4-3-6-17(15)19)24-21(26)20-18-7-2-1-5-14(18)9-10-22-20/h1-8,12,16,20,22-23,25H,9-11,13H2,(H,24,26). The smallest absolute Gasteiger partial charge is 0.242 e. The van der Waals surface area contributed by atoms with Gasteiger partial charge in [0.15, 0.2) is 0 Å². The minimum absolute atomic E-state index is 0.0870. The lowest BCUT2D eigenvalue weighted by Gasteiger charge is -2.27. The van der Waals surface area contributed by atoms with Crippen molar-refractivity contribution in [2.75, 3.05) is 13.2 Å². The molecule has 26 heavy (non-hydrogen) atoms. The van der Waals surface area contributed by atoms with Crippen LogP contribution in [-0.2, 0) is 17.6 Å². The van der Waals surface area contributed by atoms with Crippen molar-refractivity contribution in [1.29, 1.82) is 0 Å². The Morgan fingerprint density at radius 2 is 2.00 bits per heavy atom. The molecule has 2 unspecified atom stereocenters. The summed E-state index contributed by atoms with van der Waals surface area (Å²) in [6, 6.07) is 15.4. The van der Waals surface area contributed by atoms with Crippen molar-refractivity contribution < 1.29 is 9.90 Å². The molecule has 4 rings (SSSR count). The van der Waals surface area contributed by atoms with Crippen molar-refractivity contribution in [3.8, 4) is 0 Å². The zero-order valence-corrected chi connectivity index (χ0v) is 14.5. The van der Waals surface area contributed by atoms with Gasteiger partial charge in [0.1, 0.15) is 6.04 Å². The predicted octanol–water partition coefficient (Wildman–Crippen LogP) is 2.07. The highest BCUT2D eigenvalue weighted by Gasteiger charge is 2.27. The van der Waals surface area contributed by atoms with E-state index < -0.39 is 0 Å². The Bertz CT molecular complexity index is 918. The Morgan fingerprint density at radius 1 is 1.19 bits per heavy atom. The van der Waals surface area contributed by atoms with E-state index in [1.54, 1.807) is 0 Å². The van der Waals surface area contributed by atoms with Crippen LogP contribution in [-0.4, -0.2) is 35.2 Å². The van der Waals surface area contributed by atoms with Gasteiger partial charge in [0.25, 0.3) is 0 Å². The average Bonchev–Trinajstić information content (AvgIpc) is 3.10. The first-order valence-corrected chi connectivity index (χ1v) is 9.03. The van der Waals surface area contributed by atoms with E-state index in [-0.39, 0.29) is 24.6 Å². The number of benzene rings is 2. The van der Waals surface area contributed by atoms with Crippen LogP contribution < -0.4 is 10.6 Å². The van der Waals surface area contributed by atoms with Gasteiger partial charge in [-0.05, 0) is 35.6 Å². The third kappa shape index (κ3) is 3.23. The summed E-state index contributed by atoms with van der Waals surface area (Å²) >= 11 is 0. The van der Waals surface area contributed by atoms with Gasteiger partial charge in [-0.3, -0.25) is 4.79 Å². The molecule has 5 heteroatoms. The summed E-state index contributed by atoms with van der Waals surface area (Å²) in [5.74, 6) is -0.0870. The number of para-hydroxylation sites is 1. The summed E-state index contributed by atoms with van der Waals surface area (Å²) < 4.78 is 0. The molecular weight excluding hydrogens is 326 g/mol. The van der Waals surface area contributed by atoms with Gasteiger partial charge in [-0.1, -0.05) is 42.5 Å². The highest BCUT2D eigenvalue weighted by Crippen LogP contribution is 2.23. The van der Waals surface area contributed by atoms with Gasteiger partial charge < -0.3 is 20.7 Å². The topological polar surface area (TPSA) is 77.2 Å². The zero-order valence-electron chi connectivity index (χ0n) is 14.5. The summed E-state index contributed by atoms with van der Waals surface area (Å²) in [4.78, 5) is 16.1. The number of aromatic amines is 1. The maximum Gasteiger partial charge on any atom is 0.242 e. The van der Waals surface area contributed by atoms with Crippen molar-refractivity contribution in [2.24, 2.45) is 0 Å². The van der Waals surface area contributed by atoms with Gasteiger partial charge >= 0.3 is 0 Å². The van der Waals surface area contributed by atoms with Gasteiger partial charge in [-0.2, -0.15) is 0 Å². The highest BCUT2D eigenvalue weighted by molar-refractivity contribution is 5.85. The molecule has 0 spiro atoms. The largest absolute Gasteiger partial charge is 0.394 e. The molecule has 1 aromatic heterocycles. The molecule has 0 aliphatic carbocycles. The van der Waals surface area contributed by atoms with Crippen LogP contribution in [0.3, 0.4) is 0 Å². The normalized spacial score (nSPS) is 17.7. The van der Waals surface area contributed by atoms with Crippen molar-refractivity contribution in [2.45, 2.75) is 24.9 Å². The molecule has 5 nitrogen and oxygen atoms in total. The Hall–Kier alpha value is -2.63. The van der Waals surface area contributed by atoms with Crippen molar-refractivity contribution in [1.82, 2.24) is 15.6 Å². The lowest BCUT2D eigenvalue weighted by molar-refractivity contribution is -0.124. The monoisotopic (exact) mass is 349 g/mol. The first-order chi connectivity index (χ1) is 12.8. The molecule has 3 aromatic rings. The van der Waals surface area contributed by atoms with E-state index in [1.807, 2.05) is 42.6 Å². The molecule has 0 bridgehead atoms. The molecule has 2 aromatic carbocycles. The summed E-state index contributed by atoms with van der Waals surface area (Å²) in [6.45, 7) is 0.682. The van der Waals surface area contributed by atoms with Crippen LogP contribution in [0.25, 0.3) is 10.9 Å². The van der Waals surface area contributed by atoms with E-state index >= 15 is 0 Å². The molecule has 0 fully saturated rings. The van der Waals surface area contributed by atoms with Crippen LogP contribution >= 0.6 is 0 Å². The minimum Gasteiger partial charge on any atom is -0.394 e. The lowest BCUT2D eigenvalue weighted by Crippen LogP contribution is -2.47. The van der Waals surface area contributed by atoms with Crippen LogP contribution in [0.15, 0.2) is 54.7 Å². The molecule has 1 aliphatic rings. The predicted molar refractivity (Wildman–Crippen MR) is 102 cm³/mol.